The summed E-state index contributed by atoms with van der Waals surface area (Å²) in [7, 11) is 0. The molecule has 1 aliphatic rings. The van der Waals surface area contributed by atoms with Gasteiger partial charge in [-0.3, -0.25) is 0 Å². The van der Waals surface area contributed by atoms with Gasteiger partial charge in [-0.15, -0.1) is 11.6 Å². The highest BCUT2D eigenvalue weighted by Crippen LogP contribution is 2.37. The summed E-state index contributed by atoms with van der Waals surface area (Å²) in [5, 5.41) is 2.38. The van der Waals surface area contributed by atoms with Crippen molar-refractivity contribution in [2.24, 2.45) is 0 Å². The number of fused-ring (bicyclic) bond motifs is 2. The van der Waals surface area contributed by atoms with Gasteiger partial charge in [0.1, 0.15) is 5.82 Å². The second-order valence-electron chi connectivity index (χ2n) is 5.32. The summed E-state index contributed by atoms with van der Waals surface area (Å²) in [6, 6.07) is 19.0. The van der Waals surface area contributed by atoms with Crippen molar-refractivity contribution in [3.05, 3.63) is 65.9 Å². The van der Waals surface area contributed by atoms with Crippen LogP contribution >= 0.6 is 11.6 Å². The third kappa shape index (κ3) is 2.07. The number of hydrogen-bond acceptors (Lipinski definition) is 2. The van der Waals surface area contributed by atoms with Crippen molar-refractivity contribution in [1.29, 1.82) is 0 Å². The van der Waals surface area contributed by atoms with Crippen LogP contribution in [0.1, 0.15) is 11.3 Å². The van der Waals surface area contributed by atoms with E-state index in [1.165, 1.54) is 22.0 Å². The number of hydrogen-bond donors (Lipinski definition) is 0. The molecule has 1 aliphatic heterocycles. The van der Waals surface area contributed by atoms with E-state index in [4.69, 9.17) is 16.6 Å². The summed E-state index contributed by atoms with van der Waals surface area (Å²) in [6.45, 7) is 0.974. The Kier molecular flexibility index (Phi) is 3.04. The van der Waals surface area contributed by atoms with Gasteiger partial charge in [0, 0.05) is 17.6 Å². The quantitative estimate of drug-likeness (QED) is 0.639. The molecule has 0 saturated heterocycles. The molecule has 2 aromatic carbocycles. The molecule has 0 atom stereocenters. The molecule has 104 valence electrons. The second-order valence-corrected chi connectivity index (χ2v) is 5.59. The van der Waals surface area contributed by atoms with Crippen LogP contribution in [0.15, 0.2) is 54.6 Å². The highest BCUT2D eigenvalue weighted by atomic mass is 35.5. The van der Waals surface area contributed by atoms with E-state index in [9.17, 15) is 0 Å². The number of aromatic nitrogens is 1. The Hall–Kier alpha value is -2.06. The zero-order chi connectivity index (χ0) is 14.2. The average Bonchev–Trinajstić information content (AvgIpc) is 2.97. The Bertz CT molecular complexity index is 813. The van der Waals surface area contributed by atoms with Crippen LogP contribution in [0.4, 0.5) is 11.5 Å². The molecule has 0 N–H and O–H groups in total. The van der Waals surface area contributed by atoms with Crippen LogP contribution in [0.5, 0.6) is 0 Å². The number of pyridine rings is 1. The first-order valence-electron chi connectivity index (χ1n) is 7.17. The molecule has 0 amide bonds. The van der Waals surface area contributed by atoms with Crippen LogP contribution in [-0.2, 0) is 12.3 Å². The fourth-order valence-corrected chi connectivity index (χ4v) is 3.20. The highest BCUT2D eigenvalue weighted by Gasteiger charge is 2.22. The second kappa shape index (κ2) is 5.05. The molecule has 0 saturated carbocycles. The first-order valence-corrected chi connectivity index (χ1v) is 7.70. The predicted octanol–water partition coefficient (Wildman–Crippen LogP) is 4.67. The van der Waals surface area contributed by atoms with Crippen molar-refractivity contribution >= 4 is 33.9 Å². The number of halogens is 1. The summed E-state index contributed by atoms with van der Waals surface area (Å²) in [6.07, 6.45) is 1.07. The molecule has 0 aliphatic carbocycles. The smallest absolute Gasteiger partial charge is 0.141 e. The minimum Gasteiger partial charge on any atom is -0.325 e. The van der Waals surface area contributed by atoms with Gasteiger partial charge in [-0.1, -0.05) is 42.5 Å². The van der Waals surface area contributed by atoms with Crippen LogP contribution in [0.25, 0.3) is 10.8 Å². The third-order valence-electron chi connectivity index (χ3n) is 4.05. The Labute approximate surface area is 129 Å². The van der Waals surface area contributed by atoms with Gasteiger partial charge in [0.2, 0.25) is 0 Å². The molecule has 3 aromatic rings. The number of nitrogens with zero attached hydrogens (tertiary/aromatic N) is 2. The van der Waals surface area contributed by atoms with E-state index in [1.807, 2.05) is 0 Å². The lowest BCUT2D eigenvalue weighted by molar-refractivity contribution is 0.972. The number of benzene rings is 2. The standard InChI is InChI=1S/C18H15ClN2/c19-12-15-11-14-6-1-3-7-16(14)18(20-15)21-10-9-13-5-2-4-8-17(13)21/h1-8,11H,9-10,12H2. The molecule has 0 radical (unpaired) electrons. The molecular formula is C18H15ClN2. The van der Waals surface area contributed by atoms with E-state index in [0.29, 0.717) is 5.88 Å². The maximum Gasteiger partial charge on any atom is 0.141 e. The Morgan fingerprint density at radius 3 is 2.76 bits per heavy atom. The lowest BCUT2D eigenvalue weighted by Crippen LogP contribution is -2.15. The molecule has 3 heteroatoms. The topological polar surface area (TPSA) is 16.1 Å². The van der Waals surface area contributed by atoms with E-state index >= 15 is 0 Å². The lowest BCUT2D eigenvalue weighted by atomic mass is 10.1. The van der Waals surface area contributed by atoms with Crippen LogP contribution in [-0.4, -0.2) is 11.5 Å². The van der Waals surface area contributed by atoms with Crippen LogP contribution in [0.2, 0.25) is 0 Å². The monoisotopic (exact) mass is 294 g/mol. The lowest BCUT2D eigenvalue weighted by Gasteiger charge is -2.21. The van der Waals surface area contributed by atoms with Gasteiger partial charge in [0.15, 0.2) is 0 Å². The van der Waals surface area contributed by atoms with Gasteiger partial charge >= 0.3 is 0 Å². The zero-order valence-electron chi connectivity index (χ0n) is 11.6. The van der Waals surface area contributed by atoms with Crippen molar-refractivity contribution in [3.8, 4) is 0 Å². The molecular weight excluding hydrogens is 280 g/mol. The highest BCUT2D eigenvalue weighted by molar-refractivity contribution is 6.17. The van der Waals surface area contributed by atoms with Crippen molar-refractivity contribution in [2.45, 2.75) is 12.3 Å². The van der Waals surface area contributed by atoms with Crippen molar-refractivity contribution in [1.82, 2.24) is 4.98 Å². The van der Waals surface area contributed by atoms with Crippen molar-refractivity contribution in [3.63, 3.8) is 0 Å². The number of anilines is 2. The number of para-hydroxylation sites is 1. The third-order valence-corrected chi connectivity index (χ3v) is 4.33. The Morgan fingerprint density at radius 2 is 1.86 bits per heavy atom. The van der Waals surface area contributed by atoms with Gasteiger partial charge in [-0.25, -0.2) is 4.98 Å². The summed E-state index contributed by atoms with van der Waals surface area (Å²) in [5.74, 6) is 1.46. The maximum absolute atomic E-state index is 6.03. The van der Waals surface area contributed by atoms with Gasteiger partial charge < -0.3 is 4.90 Å². The molecule has 1 aromatic heterocycles. The van der Waals surface area contributed by atoms with E-state index in [2.05, 4.69) is 59.5 Å². The summed E-state index contributed by atoms with van der Waals surface area (Å²) < 4.78 is 0. The van der Waals surface area contributed by atoms with E-state index < -0.39 is 0 Å². The molecule has 4 rings (SSSR count). The fraction of sp³-hybridized carbons (Fsp3) is 0.167. The minimum atomic E-state index is 0.438. The molecule has 2 nitrogen and oxygen atoms in total. The summed E-state index contributed by atoms with van der Waals surface area (Å²) in [5.41, 5.74) is 3.58. The Balaban J connectivity index is 1.95. The molecule has 0 spiro atoms. The Morgan fingerprint density at radius 1 is 1.05 bits per heavy atom. The van der Waals surface area contributed by atoms with Crippen molar-refractivity contribution < 1.29 is 0 Å². The largest absolute Gasteiger partial charge is 0.325 e. The van der Waals surface area contributed by atoms with Crippen LogP contribution in [0, 0.1) is 0 Å². The molecule has 21 heavy (non-hydrogen) atoms. The van der Waals surface area contributed by atoms with Gasteiger partial charge in [-0.05, 0) is 29.5 Å². The van der Waals surface area contributed by atoms with E-state index in [0.717, 1.165) is 24.5 Å². The van der Waals surface area contributed by atoms with Crippen LogP contribution in [0.3, 0.4) is 0 Å². The van der Waals surface area contributed by atoms with Gasteiger partial charge in [0.25, 0.3) is 0 Å². The number of alkyl halides is 1. The maximum atomic E-state index is 6.03. The molecule has 0 bridgehead atoms. The van der Waals surface area contributed by atoms with Crippen LogP contribution < -0.4 is 4.90 Å². The van der Waals surface area contributed by atoms with Gasteiger partial charge in [-0.2, -0.15) is 0 Å². The zero-order valence-corrected chi connectivity index (χ0v) is 12.3. The minimum absolute atomic E-state index is 0.438. The molecule has 2 heterocycles. The summed E-state index contributed by atoms with van der Waals surface area (Å²) in [4.78, 5) is 7.11. The first kappa shape index (κ1) is 12.7. The normalized spacial score (nSPS) is 13.7. The molecule has 0 unspecified atom stereocenters. The van der Waals surface area contributed by atoms with E-state index in [-0.39, 0.29) is 0 Å². The SMILES string of the molecule is ClCc1cc2ccccc2c(N2CCc3ccccc32)n1. The number of rotatable bonds is 2. The first-order chi connectivity index (χ1) is 10.4. The fourth-order valence-electron chi connectivity index (χ4n) is 3.07. The van der Waals surface area contributed by atoms with Gasteiger partial charge in [0.05, 0.1) is 11.6 Å². The predicted molar refractivity (Wildman–Crippen MR) is 88.5 cm³/mol. The van der Waals surface area contributed by atoms with E-state index in [1.54, 1.807) is 0 Å². The van der Waals surface area contributed by atoms with Crippen molar-refractivity contribution in [2.75, 3.05) is 11.4 Å². The summed E-state index contributed by atoms with van der Waals surface area (Å²) >= 11 is 6.03. The average molecular weight is 295 g/mol. The molecule has 0 fully saturated rings.